The molecule has 7 nitrogen and oxygen atoms in total. The summed E-state index contributed by atoms with van der Waals surface area (Å²) in [5.74, 6) is 2.28. The average molecular weight is 333 g/mol. The van der Waals surface area contributed by atoms with E-state index in [1.54, 1.807) is 23.9 Å². The maximum Gasteiger partial charge on any atom is 0.259 e. The van der Waals surface area contributed by atoms with Gasteiger partial charge in [-0.05, 0) is 6.07 Å². The number of thioether (sulfide) groups is 1. The maximum atomic E-state index is 12.3. The van der Waals surface area contributed by atoms with E-state index >= 15 is 0 Å². The van der Waals surface area contributed by atoms with Gasteiger partial charge in [-0.2, -0.15) is 11.8 Å². The molecule has 1 unspecified atom stereocenters. The summed E-state index contributed by atoms with van der Waals surface area (Å²) >= 11 is 1.75. The number of fused-ring (bicyclic) bond motifs is 1. The van der Waals surface area contributed by atoms with Crippen LogP contribution in [0.15, 0.2) is 22.9 Å². The van der Waals surface area contributed by atoms with Crippen molar-refractivity contribution in [3.05, 3.63) is 35.2 Å². The Kier molecular flexibility index (Phi) is 3.92. The molecule has 1 N–H and O–H groups in total. The van der Waals surface area contributed by atoms with Crippen LogP contribution in [-0.4, -0.2) is 35.4 Å². The first kappa shape index (κ1) is 14.5. The van der Waals surface area contributed by atoms with Gasteiger partial charge in [-0.3, -0.25) is 10.1 Å². The molecular weight excluding hydrogens is 318 g/mol. The van der Waals surface area contributed by atoms with Gasteiger partial charge in [0, 0.05) is 30.2 Å². The molecule has 0 aromatic carbocycles. The topological polar surface area (TPSA) is 86.5 Å². The lowest BCUT2D eigenvalue weighted by molar-refractivity contribution is 0.102. The molecule has 0 saturated carbocycles. The van der Waals surface area contributed by atoms with Crippen LogP contribution in [0.3, 0.4) is 0 Å². The van der Waals surface area contributed by atoms with Crippen LogP contribution < -0.4 is 10.1 Å². The van der Waals surface area contributed by atoms with E-state index in [9.17, 15) is 4.79 Å². The zero-order valence-electron chi connectivity index (χ0n) is 12.3. The summed E-state index contributed by atoms with van der Waals surface area (Å²) in [5.41, 5.74) is 2.32. The Hall–Kier alpha value is -2.06. The molecule has 0 spiro atoms. The first-order chi connectivity index (χ1) is 11.3. The molecule has 4 rings (SSSR count). The van der Waals surface area contributed by atoms with Crippen molar-refractivity contribution in [2.45, 2.75) is 24.0 Å². The Morgan fingerprint density at radius 1 is 1.39 bits per heavy atom. The molecule has 0 aliphatic carbocycles. The van der Waals surface area contributed by atoms with E-state index in [0.29, 0.717) is 30.5 Å². The van der Waals surface area contributed by atoms with Crippen molar-refractivity contribution >= 4 is 23.6 Å². The zero-order valence-corrected chi connectivity index (χ0v) is 13.1. The summed E-state index contributed by atoms with van der Waals surface area (Å²) in [7, 11) is 0. The second-order valence-corrected chi connectivity index (χ2v) is 6.36. The lowest BCUT2D eigenvalue weighted by atomic mass is 10.2. The van der Waals surface area contributed by atoms with Crippen LogP contribution in [0.2, 0.25) is 0 Å². The van der Waals surface area contributed by atoms with Gasteiger partial charge in [0.05, 0.1) is 30.0 Å². The van der Waals surface area contributed by atoms with Crippen molar-refractivity contribution < 1.29 is 18.8 Å². The molecule has 4 heterocycles. The highest BCUT2D eigenvalue weighted by atomic mass is 32.2. The van der Waals surface area contributed by atoms with Crippen molar-refractivity contribution in [1.82, 2.24) is 10.1 Å². The van der Waals surface area contributed by atoms with Gasteiger partial charge in [0.15, 0.2) is 0 Å². The predicted molar refractivity (Wildman–Crippen MR) is 83.5 cm³/mol. The highest BCUT2D eigenvalue weighted by Gasteiger charge is 2.23. The van der Waals surface area contributed by atoms with Crippen LogP contribution >= 0.6 is 11.8 Å². The van der Waals surface area contributed by atoms with Gasteiger partial charge in [-0.15, -0.1) is 0 Å². The van der Waals surface area contributed by atoms with E-state index in [1.807, 2.05) is 0 Å². The highest BCUT2D eigenvalue weighted by Crippen LogP contribution is 2.34. The lowest BCUT2D eigenvalue weighted by Crippen LogP contribution is -2.17. The van der Waals surface area contributed by atoms with Gasteiger partial charge in [-0.1, -0.05) is 5.16 Å². The molecule has 2 aromatic heterocycles. The number of pyridine rings is 1. The molecule has 23 heavy (non-hydrogen) atoms. The minimum absolute atomic E-state index is 0.0384. The summed E-state index contributed by atoms with van der Waals surface area (Å²) in [4.78, 5) is 16.4. The summed E-state index contributed by atoms with van der Waals surface area (Å²) < 4.78 is 16.1. The van der Waals surface area contributed by atoms with Crippen molar-refractivity contribution in [3.63, 3.8) is 0 Å². The molecule has 0 radical (unpaired) electrons. The van der Waals surface area contributed by atoms with Crippen molar-refractivity contribution in [2.24, 2.45) is 0 Å². The number of hydrogen-bond acceptors (Lipinski definition) is 7. The first-order valence-electron chi connectivity index (χ1n) is 7.36. The minimum atomic E-state index is -0.274. The Morgan fingerprint density at radius 2 is 2.35 bits per heavy atom. The van der Waals surface area contributed by atoms with E-state index in [4.69, 9.17) is 14.0 Å². The van der Waals surface area contributed by atoms with E-state index in [0.717, 1.165) is 29.2 Å². The van der Waals surface area contributed by atoms with E-state index < -0.39 is 0 Å². The summed E-state index contributed by atoms with van der Waals surface area (Å²) in [6.07, 6.45) is 2.39. The number of rotatable bonds is 4. The van der Waals surface area contributed by atoms with Crippen LogP contribution in [0.25, 0.3) is 0 Å². The maximum absolute atomic E-state index is 12.3. The molecule has 2 aromatic rings. The van der Waals surface area contributed by atoms with Crippen molar-refractivity contribution in [1.29, 1.82) is 0 Å². The lowest BCUT2D eigenvalue weighted by Gasteiger charge is -2.10. The number of nitrogens with one attached hydrogen (secondary N) is 1. The largest absolute Gasteiger partial charge is 0.472 e. The molecule has 0 bridgehead atoms. The first-order valence-corrected chi connectivity index (χ1v) is 8.52. The molecule has 1 saturated heterocycles. The summed E-state index contributed by atoms with van der Waals surface area (Å²) in [6, 6.07) is 3.37. The zero-order chi connectivity index (χ0) is 15.6. The number of hydrogen-bond donors (Lipinski definition) is 1. The third-order valence-corrected chi connectivity index (χ3v) is 4.73. The molecule has 1 atom stereocenters. The smallest absolute Gasteiger partial charge is 0.259 e. The molecule has 1 amide bonds. The summed E-state index contributed by atoms with van der Waals surface area (Å²) in [5, 5.41) is 6.71. The fourth-order valence-corrected chi connectivity index (χ4v) is 3.51. The Bertz CT molecular complexity index is 710. The highest BCUT2D eigenvalue weighted by molar-refractivity contribution is 7.98. The monoisotopic (exact) mass is 333 g/mol. The standard InChI is InChI=1S/C15H15N3O4S/c19-14(17-15-11-7-23-8-12(11)18-22-15)9-1-2-13(16-5-9)21-10-3-4-20-6-10/h1-2,5,10H,3-4,6-8H2,(H,17,19). The van der Waals surface area contributed by atoms with E-state index in [2.05, 4.69) is 15.5 Å². The minimum Gasteiger partial charge on any atom is -0.472 e. The Morgan fingerprint density at radius 3 is 3.13 bits per heavy atom. The van der Waals surface area contributed by atoms with Crippen LogP contribution in [0, 0.1) is 0 Å². The van der Waals surface area contributed by atoms with Crippen LogP contribution in [0.4, 0.5) is 5.88 Å². The van der Waals surface area contributed by atoms with E-state index in [-0.39, 0.29) is 12.0 Å². The summed E-state index contributed by atoms with van der Waals surface area (Å²) in [6.45, 7) is 1.30. The van der Waals surface area contributed by atoms with E-state index in [1.165, 1.54) is 6.20 Å². The van der Waals surface area contributed by atoms with Gasteiger partial charge in [0.25, 0.3) is 5.91 Å². The Labute approximate surface area is 136 Å². The predicted octanol–water partition coefficient (Wildman–Crippen LogP) is 2.24. The molecule has 2 aliphatic rings. The third-order valence-electron chi connectivity index (χ3n) is 3.76. The number of nitrogens with zero attached hydrogens (tertiary/aromatic N) is 2. The molecular formula is C15H15N3O4S. The van der Waals surface area contributed by atoms with Gasteiger partial charge >= 0.3 is 0 Å². The van der Waals surface area contributed by atoms with Gasteiger partial charge in [0.1, 0.15) is 6.10 Å². The van der Waals surface area contributed by atoms with Crippen molar-refractivity contribution in [3.8, 4) is 5.88 Å². The van der Waals surface area contributed by atoms with Crippen LogP contribution in [0.5, 0.6) is 5.88 Å². The number of carbonyl (C=O) groups excluding carboxylic acids is 1. The van der Waals surface area contributed by atoms with Crippen LogP contribution in [-0.2, 0) is 16.2 Å². The number of anilines is 1. The van der Waals surface area contributed by atoms with Crippen molar-refractivity contribution in [2.75, 3.05) is 18.5 Å². The number of carbonyl (C=O) groups is 1. The normalized spacial score (nSPS) is 19.6. The quantitative estimate of drug-likeness (QED) is 0.918. The fraction of sp³-hybridized carbons (Fsp3) is 0.400. The van der Waals surface area contributed by atoms with Gasteiger partial charge in [0.2, 0.25) is 11.8 Å². The number of amides is 1. The van der Waals surface area contributed by atoms with Gasteiger partial charge < -0.3 is 14.0 Å². The van der Waals surface area contributed by atoms with Gasteiger partial charge in [-0.25, -0.2) is 4.98 Å². The molecule has 2 aliphatic heterocycles. The second kappa shape index (κ2) is 6.21. The molecule has 1 fully saturated rings. The van der Waals surface area contributed by atoms with Crippen LogP contribution in [0.1, 0.15) is 28.0 Å². The average Bonchev–Trinajstić information content (AvgIpc) is 3.28. The second-order valence-electron chi connectivity index (χ2n) is 5.37. The number of aromatic nitrogens is 2. The Balaban J connectivity index is 1.41. The number of ether oxygens (including phenoxy) is 2. The fourth-order valence-electron chi connectivity index (χ4n) is 2.49. The SMILES string of the molecule is O=C(Nc1onc2c1CSC2)c1ccc(OC2CCOC2)nc1. The molecule has 8 heteroatoms. The molecule has 120 valence electrons. The third kappa shape index (κ3) is 3.04.